The van der Waals surface area contributed by atoms with E-state index in [1.807, 2.05) is 0 Å². The number of piperidine rings is 1. The van der Waals surface area contributed by atoms with E-state index in [4.69, 9.17) is 0 Å². The SMILES string of the molecule is O=C(NCC(c1ccccc1)N1CCCCC1)C12CC3CC(CC(C3)C1)C2. The molecule has 27 heavy (non-hydrogen) atoms. The van der Waals surface area contributed by atoms with Crippen LogP contribution in [0, 0.1) is 23.2 Å². The molecule has 146 valence electrons. The Labute approximate surface area is 163 Å². The second-order valence-corrected chi connectivity index (χ2v) is 9.93. The zero-order valence-electron chi connectivity index (χ0n) is 16.5. The van der Waals surface area contributed by atoms with Crippen LogP contribution in [0.25, 0.3) is 0 Å². The molecule has 6 rings (SSSR count). The van der Waals surface area contributed by atoms with E-state index in [1.54, 1.807) is 0 Å². The third-order valence-corrected chi connectivity index (χ3v) is 7.99. The largest absolute Gasteiger partial charge is 0.354 e. The summed E-state index contributed by atoms with van der Waals surface area (Å²) in [4.78, 5) is 16.0. The number of nitrogens with zero attached hydrogens (tertiary/aromatic N) is 1. The van der Waals surface area contributed by atoms with Crippen LogP contribution in [0.3, 0.4) is 0 Å². The summed E-state index contributed by atoms with van der Waals surface area (Å²) in [5.74, 6) is 2.86. The van der Waals surface area contributed by atoms with Gasteiger partial charge in [-0.05, 0) is 87.8 Å². The molecule has 3 heteroatoms. The maximum Gasteiger partial charge on any atom is 0.226 e. The Morgan fingerprint density at radius 3 is 2.15 bits per heavy atom. The van der Waals surface area contributed by atoms with Gasteiger partial charge in [0.25, 0.3) is 0 Å². The smallest absolute Gasteiger partial charge is 0.226 e. The highest BCUT2D eigenvalue weighted by molar-refractivity contribution is 5.83. The Morgan fingerprint density at radius 1 is 0.963 bits per heavy atom. The lowest BCUT2D eigenvalue weighted by molar-refractivity contribution is -0.146. The molecular formula is C24H34N2O. The molecule has 0 aromatic heterocycles. The monoisotopic (exact) mass is 366 g/mol. The van der Waals surface area contributed by atoms with Crippen molar-refractivity contribution < 1.29 is 4.79 Å². The first-order valence-electron chi connectivity index (χ1n) is 11.3. The summed E-state index contributed by atoms with van der Waals surface area (Å²) < 4.78 is 0. The Bertz CT molecular complexity index is 629. The number of benzene rings is 1. The molecule has 1 aromatic rings. The molecule has 1 aliphatic heterocycles. The van der Waals surface area contributed by atoms with Crippen molar-refractivity contribution in [3.05, 3.63) is 35.9 Å². The van der Waals surface area contributed by atoms with E-state index in [2.05, 4.69) is 40.5 Å². The predicted octanol–water partition coefficient (Wildman–Crippen LogP) is 4.55. The highest BCUT2D eigenvalue weighted by atomic mass is 16.2. The van der Waals surface area contributed by atoms with Crippen LogP contribution in [0.5, 0.6) is 0 Å². The summed E-state index contributed by atoms with van der Waals surface area (Å²) in [6.07, 6.45) is 11.6. The van der Waals surface area contributed by atoms with Crippen LogP contribution in [0.1, 0.15) is 69.4 Å². The quantitative estimate of drug-likeness (QED) is 0.829. The van der Waals surface area contributed by atoms with Crippen LogP contribution in [-0.4, -0.2) is 30.4 Å². The number of hydrogen-bond donors (Lipinski definition) is 1. The van der Waals surface area contributed by atoms with Gasteiger partial charge >= 0.3 is 0 Å². The summed E-state index contributed by atoms with van der Waals surface area (Å²) in [6.45, 7) is 3.09. The molecule has 1 unspecified atom stereocenters. The van der Waals surface area contributed by atoms with E-state index < -0.39 is 0 Å². The van der Waals surface area contributed by atoms with E-state index in [0.717, 1.165) is 56.7 Å². The lowest BCUT2D eigenvalue weighted by Crippen LogP contribution is -2.54. The van der Waals surface area contributed by atoms with Crippen molar-refractivity contribution in [3.8, 4) is 0 Å². The first kappa shape index (κ1) is 17.7. The van der Waals surface area contributed by atoms with Gasteiger partial charge in [0.15, 0.2) is 0 Å². The van der Waals surface area contributed by atoms with Crippen molar-refractivity contribution in [2.45, 2.75) is 63.8 Å². The fourth-order valence-corrected chi connectivity index (χ4v) is 7.13. The van der Waals surface area contributed by atoms with Crippen LogP contribution in [-0.2, 0) is 4.79 Å². The van der Waals surface area contributed by atoms with Crippen LogP contribution in [0.2, 0.25) is 0 Å². The summed E-state index contributed by atoms with van der Waals surface area (Å²) >= 11 is 0. The standard InChI is InChI=1S/C24H34N2O/c27-23(24-14-18-11-19(15-24)13-20(12-18)16-24)25-17-22(21-7-3-1-4-8-21)26-9-5-2-6-10-26/h1,3-4,7-8,18-20,22H,2,5-6,9-17H2,(H,25,27). The molecule has 0 spiro atoms. The van der Waals surface area contributed by atoms with Gasteiger partial charge in [-0.15, -0.1) is 0 Å². The Balaban J connectivity index is 1.29. The molecule has 4 aliphatic carbocycles. The zero-order valence-corrected chi connectivity index (χ0v) is 16.5. The molecule has 1 aromatic carbocycles. The molecular weight excluding hydrogens is 332 g/mol. The normalized spacial score (nSPS) is 36.5. The van der Waals surface area contributed by atoms with Crippen molar-refractivity contribution in [2.24, 2.45) is 23.2 Å². The lowest BCUT2D eigenvalue weighted by Gasteiger charge is -2.55. The molecule has 4 saturated carbocycles. The number of likely N-dealkylation sites (tertiary alicyclic amines) is 1. The van der Waals surface area contributed by atoms with Crippen LogP contribution >= 0.6 is 0 Å². The molecule has 1 amide bonds. The third-order valence-electron chi connectivity index (χ3n) is 7.99. The van der Waals surface area contributed by atoms with Gasteiger partial charge in [0, 0.05) is 12.0 Å². The highest BCUT2D eigenvalue weighted by Crippen LogP contribution is 2.60. The summed E-state index contributed by atoms with van der Waals surface area (Å²) in [6, 6.07) is 11.1. The van der Waals surface area contributed by atoms with Gasteiger partial charge in [-0.3, -0.25) is 9.69 Å². The first-order valence-corrected chi connectivity index (χ1v) is 11.3. The van der Waals surface area contributed by atoms with E-state index in [0.29, 0.717) is 11.9 Å². The maximum absolute atomic E-state index is 13.4. The summed E-state index contributed by atoms with van der Waals surface area (Å²) in [5, 5.41) is 3.45. The van der Waals surface area contributed by atoms with Crippen LogP contribution in [0.4, 0.5) is 0 Å². The van der Waals surface area contributed by atoms with Gasteiger partial charge in [0.1, 0.15) is 0 Å². The van der Waals surface area contributed by atoms with Crippen molar-refractivity contribution in [2.75, 3.05) is 19.6 Å². The molecule has 5 fully saturated rings. The maximum atomic E-state index is 13.4. The number of hydrogen-bond acceptors (Lipinski definition) is 2. The Morgan fingerprint density at radius 2 is 1.56 bits per heavy atom. The topological polar surface area (TPSA) is 32.3 Å². The van der Waals surface area contributed by atoms with Crippen molar-refractivity contribution in [1.29, 1.82) is 0 Å². The fraction of sp³-hybridized carbons (Fsp3) is 0.708. The zero-order chi connectivity index (χ0) is 18.3. The molecule has 3 nitrogen and oxygen atoms in total. The van der Waals surface area contributed by atoms with Crippen molar-refractivity contribution >= 4 is 5.91 Å². The van der Waals surface area contributed by atoms with Gasteiger partial charge < -0.3 is 5.32 Å². The van der Waals surface area contributed by atoms with E-state index >= 15 is 0 Å². The number of amides is 1. The van der Waals surface area contributed by atoms with Crippen LogP contribution < -0.4 is 5.32 Å². The van der Waals surface area contributed by atoms with Crippen molar-refractivity contribution in [1.82, 2.24) is 10.2 Å². The van der Waals surface area contributed by atoms with Gasteiger partial charge in [-0.2, -0.15) is 0 Å². The van der Waals surface area contributed by atoms with Gasteiger partial charge in [0.2, 0.25) is 5.91 Å². The minimum atomic E-state index is -0.0299. The van der Waals surface area contributed by atoms with E-state index in [9.17, 15) is 4.79 Å². The minimum Gasteiger partial charge on any atom is -0.354 e. The molecule has 4 bridgehead atoms. The predicted molar refractivity (Wildman–Crippen MR) is 108 cm³/mol. The van der Waals surface area contributed by atoms with Crippen molar-refractivity contribution in [3.63, 3.8) is 0 Å². The Kier molecular flexibility index (Phi) is 4.75. The summed E-state index contributed by atoms with van der Waals surface area (Å²) in [5.41, 5.74) is 1.32. The number of carbonyl (C=O) groups is 1. The molecule has 1 atom stereocenters. The highest BCUT2D eigenvalue weighted by Gasteiger charge is 2.54. The summed E-state index contributed by atoms with van der Waals surface area (Å²) in [7, 11) is 0. The molecule has 5 aliphatic rings. The second kappa shape index (κ2) is 7.24. The number of carbonyl (C=O) groups excluding carboxylic acids is 1. The van der Waals surface area contributed by atoms with Crippen LogP contribution in [0.15, 0.2) is 30.3 Å². The van der Waals surface area contributed by atoms with Gasteiger partial charge in [-0.1, -0.05) is 36.8 Å². The average molecular weight is 367 g/mol. The van der Waals surface area contributed by atoms with E-state index in [1.165, 1.54) is 44.1 Å². The molecule has 1 N–H and O–H groups in total. The fourth-order valence-electron chi connectivity index (χ4n) is 7.13. The number of rotatable bonds is 5. The van der Waals surface area contributed by atoms with Gasteiger partial charge in [0.05, 0.1) is 6.04 Å². The molecule has 1 heterocycles. The second-order valence-electron chi connectivity index (χ2n) is 9.93. The number of nitrogens with one attached hydrogen (secondary N) is 1. The Hall–Kier alpha value is -1.35. The average Bonchev–Trinajstić information content (AvgIpc) is 2.69. The first-order chi connectivity index (χ1) is 13.2. The molecule has 0 radical (unpaired) electrons. The minimum absolute atomic E-state index is 0.0299. The lowest BCUT2D eigenvalue weighted by atomic mass is 9.49. The van der Waals surface area contributed by atoms with E-state index in [-0.39, 0.29) is 5.41 Å². The van der Waals surface area contributed by atoms with Gasteiger partial charge in [-0.25, -0.2) is 0 Å². The molecule has 1 saturated heterocycles. The third kappa shape index (κ3) is 3.44.